The number of benzene rings is 1. The van der Waals surface area contributed by atoms with E-state index in [9.17, 15) is 0 Å². The molecule has 0 radical (unpaired) electrons. The molecule has 142 valence electrons. The maximum atomic E-state index is 6.69. The van der Waals surface area contributed by atoms with Crippen molar-refractivity contribution in [1.82, 2.24) is 0 Å². The molecule has 3 aliphatic rings. The second kappa shape index (κ2) is 6.04. The van der Waals surface area contributed by atoms with Crippen molar-refractivity contribution in [3.63, 3.8) is 0 Å². The lowest BCUT2D eigenvalue weighted by Gasteiger charge is -2.63. The van der Waals surface area contributed by atoms with Gasteiger partial charge in [-0.25, -0.2) is 0 Å². The molecule has 0 spiro atoms. The lowest BCUT2D eigenvalue weighted by Crippen LogP contribution is -2.61. The molecule has 0 aromatic heterocycles. The number of hydrogen-bond acceptors (Lipinski definition) is 2. The Morgan fingerprint density at radius 1 is 1.15 bits per heavy atom. The molecule has 4 atom stereocenters. The van der Waals surface area contributed by atoms with Crippen molar-refractivity contribution >= 4 is 0 Å². The maximum absolute atomic E-state index is 6.69. The number of fused-ring (bicyclic) bond motifs is 4. The lowest BCUT2D eigenvalue weighted by atomic mass is 9.44. The van der Waals surface area contributed by atoms with Crippen molar-refractivity contribution in [3.8, 4) is 11.5 Å². The molecule has 2 saturated carbocycles. The Labute approximate surface area is 159 Å². The number of ether oxygens (including phenoxy) is 2. The summed E-state index contributed by atoms with van der Waals surface area (Å²) in [5.41, 5.74) is 2.10. The molecule has 2 heteroatoms. The molecule has 1 aromatic carbocycles. The van der Waals surface area contributed by atoms with E-state index in [0.717, 1.165) is 23.8 Å². The van der Waals surface area contributed by atoms with Gasteiger partial charge in [-0.15, -0.1) is 0 Å². The minimum Gasteiger partial charge on any atom is -0.490 e. The zero-order valence-electron chi connectivity index (χ0n) is 16.9. The van der Waals surface area contributed by atoms with Gasteiger partial charge in [-0.1, -0.05) is 39.8 Å². The molecule has 2 nitrogen and oxygen atoms in total. The van der Waals surface area contributed by atoms with Gasteiger partial charge in [0.05, 0.1) is 0 Å². The summed E-state index contributed by atoms with van der Waals surface area (Å²) in [5.74, 6) is 3.37. The highest BCUT2D eigenvalue weighted by Crippen LogP contribution is 2.64. The molecule has 1 aromatic rings. The summed E-state index contributed by atoms with van der Waals surface area (Å²) in [6.07, 6.45) is 9.44. The predicted octanol–water partition coefficient (Wildman–Crippen LogP) is 6.19. The highest BCUT2D eigenvalue weighted by atomic mass is 16.5. The summed E-state index contributed by atoms with van der Waals surface area (Å²) in [6, 6.07) is 6.33. The van der Waals surface area contributed by atoms with E-state index in [1.807, 2.05) is 6.07 Å². The van der Waals surface area contributed by atoms with Gasteiger partial charge in [0, 0.05) is 5.92 Å². The number of hydrogen-bond donors (Lipinski definition) is 0. The van der Waals surface area contributed by atoms with Crippen LogP contribution in [0, 0.1) is 22.7 Å². The van der Waals surface area contributed by atoms with E-state index >= 15 is 0 Å². The van der Waals surface area contributed by atoms with Crippen molar-refractivity contribution < 1.29 is 9.47 Å². The summed E-state index contributed by atoms with van der Waals surface area (Å²) in [5, 5.41) is 0. The Morgan fingerprint density at radius 3 is 2.73 bits per heavy atom. The van der Waals surface area contributed by atoms with E-state index in [1.165, 1.54) is 37.7 Å². The van der Waals surface area contributed by atoms with Gasteiger partial charge < -0.3 is 9.47 Å². The molecular formula is C24H34O2. The van der Waals surface area contributed by atoms with E-state index in [1.54, 1.807) is 6.08 Å². The highest BCUT2D eigenvalue weighted by Gasteiger charge is 2.60. The van der Waals surface area contributed by atoms with Gasteiger partial charge in [0.2, 0.25) is 0 Å². The average molecular weight is 355 g/mol. The normalized spacial score (nSPS) is 37.5. The van der Waals surface area contributed by atoms with Crippen LogP contribution in [0.1, 0.15) is 65.4 Å². The van der Waals surface area contributed by atoms with Crippen LogP contribution in [-0.2, 0) is 6.42 Å². The van der Waals surface area contributed by atoms with Crippen LogP contribution in [0.4, 0.5) is 0 Å². The minimum absolute atomic E-state index is 0.0326. The summed E-state index contributed by atoms with van der Waals surface area (Å²) < 4.78 is 12.5. The first kappa shape index (κ1) is 17.9. The first-order chi connectivity index (χ1) is 12.3. The second-order valence-electron chi connectivity index (χ2n) is 9.98. The molecule has 1 aliphatic heterocycles. The van der Waals surface area contributed by atoms with Crippen LogP contribution in [0.25, 0.3) is 0 Å². The summed E-state index contributed by atoms with van der Waals surface area (Å²) in [7, 11) is 0. The van der Waals surface area contributed by atoms with Crippen LogP contribution in [0.2, 0.25) is 0 Å². The smallest absolute Gasteiger partial charge is 0.123 e. The van der Waals surface area contributed by atoms with Gasteiger partial charge in [0.25, 0.3) is 0 Å². The van der Waals surface area contributed by atoms with Crippen LogP contribution in [0.15, 0.2) is 30.9 Å². The zero-order valence-corrected chi connectivity index (χ0v) is 16.9. The molecule has 0 N–H and O–H groups in total. The summed E-state index contributed by atoms with van der Waals surface area (Å²) in [6.45, 7) is 14.2. The summed E-state index contributed by atoms with van der Waals surface area (Å²) in [4.78, 5) is 0. The molecule has 26 heavy (non-hydrogen) atoms. The Morgan fingerprint density at radius 2 is 1.96 bits per heavy atom. The zero-order chi connectivity index (χ0) is 18.6. The van der Waals surface area contributed by atoms with Crippen molar-refractivity contribution in [1.29, 1.82) is 0 Å². The molecule has 0 amide bonds. The van der Waals surface area contributed by atoms with Crippen molar-refractivity contribution in [3.05, 3.63) is 36.4 Å². The molecule has 4 rings (SSSR count). The molecule has 0 bridgehead atoms. The second-order valence-corrected chi connectivity index (χ2v) is 9.98. The topological polar surface area (TPSA) is 18.5 Å². The van der Waals surface area contributed by atoms with Gasteiger partial charge in [0.1, 0.15) is 23.7 Å². The first-order valence-electron chi connectivity index (χ1n) is 10.3. The molecule has 0 saturated heterocycles. The predicted molar refractivity (Wildman–Crippen MR) is 107 cm³/mol. The third-order valence-electron chi connectivity index (χ3n) is 7.91. The SMILES string of the molecule is C=CCOc1ccc2c(c1)C[C@@H]1[C@@]3(C)CCCC(C)(C)[C@@H]3CC[C@@]1(C)O2. The van der Waals surface area contributed by atoms with Crippen LogP contribution < -0.4 is 9.47 Å². The van der Waals surface area contributed by atoms with Gasteiger partial charge >= 0.3 is 0 Å². The Balaban J connectivity index is 1.69. The van der Waals surface area contributed by atoms with E-state index < -0.39 is 0 Å². The minimum atomic E-state index is -0.0326. The molecule has 2 aliphatic carbocycles. The summed E-state index contributed by atoms with van der Waals surface area (Å²) >= 11 is 0. The fourth-order valence-electron chi connectivity index (χ4n) is 6.71. The molecule has 0 unspecified atom stereocenters. The highest BCUT2D eigenvalue weighted by molar-refractivity contribution is 5.43. The Bertz CT molecular complexity index is 706. The van der Waals surface area contributed by atoms with Crippen LogP contribution >= 0.6 is 0 Å². The van der Waals surface area contributed by atoms with Gasteiger partial charge in [-0.2, -0.15) is 0 Å². The number of rotatable bonds is 3. The van der Waals surface area contributed by atoms with Crippen LogP contribution in [0.3, 0.4) is 0 Å². The van der Waals surface area contributed by atoms with Crippen LogP contribution in [-0.4, -0.2) is 12.2 Å². The Kier molecular flexibility index (Phi) is 4.17. The Hall–Kier alpha value is -1.44. The molecule has 2 fully saturated rings. The fourth-order valence-corrected chi connectivity index (χ4v) is 6.71. The van der Waals surface area contributed by atoms with Gasteiger partial charge in [0.15, 0.2) is 0 Å². The largest absolute Gasteiger partial charge is 0.490 e. The average Bonchev–Trinajstić information content (AvgIpc) is 2.57. The van der Waals surface area contributed by atoms with E-state index in [0.29, 0.717) is 23.4 Å². The fraction of sp³-hybridized carbons (Fsp3) is 0.667. The third kappa shape index (κ3) is 2.68. The monoisotopic (exact) mass is 354 g/mol. The first-order valence-corrected chi connectivity index (χ1v) is 10.3. The molecule has 1 heterocycles. The quantitative estimate of drug-likeness (QED) is 0.603. The van der Waals surface area contributed by atoms with E-state index in [2.05, 4.69) is 46.4 Å². The van der Waals surface area contributed by atoms with Crippen molar-refractivity contribution in [2.75, 3.05) is 6.61 Å². The lowest BCUT2D eigenvalue weighted by molar-refractivity contribution is -0.162. The van der Waals surface area contributed by atoms with Crippen molar-refractivity contribution in [2.45, 2.75) is 71.8 Å². The molecular weight excluding hydrogens is 320 g/mol. The third-order valence-corrected chi connectivity index (χ3v) is 7.91. The van der Waals surface area contributed by atoms with E-state index in [-0.39, 0.29) is 5.60 Å². The van der Waals surface area contributed by atoms with Crippen LogP contribution in [0.5, 0.6) is 11.5 Å². The van der Waals surface area contributed by atoms with E-state index in [4.69, 9.17) is 9.47 Å². The standard InChI is InChI=1S/C24H34O2/c1-6-14-25-18-8-9-19-17(15-18)16-21-23(4)12-7-11-22(2,3)20(23)10-13-24(21,5)26-19/h6,8-9,15,20-21H,1,7,10-14,16H2,2-5H3/t20-,21+,23-,24+/m0/s1. The van der Waals surface area contributed by atoms with Crippen molar-refractivity contribution in [2.24, 2.45) is 22.7 Å². The maximum Gasteiger partial charge on any atom is 0.123 e. The van der Waals surface area contributed by atoms with Gasteiger partial charge in [-0.3, -0.25) is 0 Å². The van der Waals surface area contributed by atoms with Gasteiger partial charge in [-0.05, 0) is 79.5 Å².